The summed E-state index contributed by atoms with van der Waals surface area (Å²) in [6.07, 6.45) is 8.45. The van der Waals surface area contributed by atoms with Crippen molar-refractivity contribution in [2.75, 3.05) is 26.7 Å². The molecular weight excluding hydrogens is 376 g/mol. The molecule has 2 aliphatic rings. The maximum absolute atomic E-state index is 12.8. The van der Waals surface area contributed by atoms with Crippen molar-refractivity contribution in [3.8, 4) is 0 Å². The van der Waals surface area contributed by atoms with Gasteiger partial charge in [0.15, 0.2) is 0 Å². The Balaban J connectivity index is 1.55. The lowest BCUT2D eigenvalue weighted by Crippen LogP contribution is -2.46. The standard InChI is InChI=1S/C21H32N2O4S/c1-16-14-18(21(24)27-2)8-9-20(16)28(25,26)22-19-10-12-23(13-11-19)15-17-6-4-3-5-7-17/h8-9,14,17,19,22H,3-7,10-13,15H2,1-2H3. The van der Waals surface area contributed by atoms with E-state index >= 15 is 0 Å². The van der Waals surface area contributed by atoms with E-state index in [1.54, 1.807) is 13.0 Å². The lowest BCUT2D eigenvalue weighted by atomic mass is 9.88. The number of esters is 1. The van der Waals surface area contributed by atoms with Crippen molar-refractivity contribution < 1.29 is 17.9 Å². The number of aryl methyl sites for hydroxylation is 1. The topological polar surface area (TPSA) is 75.7 Å². The number of nitrogens with zero attached hydrogens (tertiary/aromatic N) is 1. The molecule has 1 heterocycles. The molecule has 1 N–H and O–H groups in total. The number of carbonyl (C=O) groups excluding carboxylic acids is 1. The van der Waals surface area contributed by atoms with Crippen LogP contribution >= 0.6 is 0 Å². The maximum Gasteiger partial charge on any atom is 0.337 e. The number of nitrogens with one attached hydrogen (secondary N) is 1. The van der Waals surface area contributed by atoms with Gasteiger partial charge in [-0.2, -0.15) is 0 Å². The van der Waals surface area contributed by atoms with E-state index in [1.165, 1.54) is 51.3 Å². The summed E-state index contributed by atoms with van der Waals surface area (Å²) in [4.78, 5) is 14.3. The molecule has 0 bridgehead atoms. The van der Waals surface area contributed by atoms with Crippen molar-refractivity contribution in [2.45, 2.75) is 62.8 Å². The Kier molecular flexibility index (Phi) is 7.12. The predicted molar refractivity (Wildman–Crippen MR) is 109 cm³/mol. The minimum absolute atomic E-state index is 0.0349. The highest BCUT2D eigenvalue weighted by Gasteiger charge is 2.27. The molecule has 1 aromatic carbocycles. The first-order chi connectivity index (χ1) is 13.4. The minimum Gasteiger partial charge on any atom is -0.465 e. The molecule has 7 heteroatoms. The molecule has 1 aliphatic carbocycles. The number of methoxy groups -OCH3 is 1. The third-order valence-electron chi connectivity index (χ3n) is 6.04. The van der Waals surface area contributed by atoms with Crippen LogP contribution in [0.5, 0.6) is 0 Å². The lowest BCUT2D eigenvalue weighted by Gasteiger charge is -2.35. The van der Waals surface area contributed by atoms with Crippen LogP contribution in [0.2, 0.25) is 0 Å². The molecule has 1 saturated carbocycles. The largest absolute Gasteiger partial charge is 0.465 e. The van der Waals surface area contributed by atoms with Crippen molar-refractivity contribution in [3.05, 3.63) is 29.3 Å². The first-order valence-electron chi connectivity index (χ1n) is 10.3. The van der Waals surface area contributed by atoms with Crippen LogP contribution in [0.1, 0.15) is 60.9 Å². The smallest absolute Gasteiger partial charge is 0.337 e. The van der Waals surface area contributed by atoms with E-state index in [4.69, 9.17) is 4.74 Å². The summed E-state index contributed by atoms with van der Waals surface area (Å²) in [5.41, 5.74) is 0.903. The summed E-state index contributed by atoms with van der Waals surface area (Å²) in [6, 6.07) is 4.52. The Morgan fingerprint density at radius 3 is 2.43 bits per heavy atom. The molecule has 156 valence electrons. The van der Waals surface area contributed by atoms with Gasteiger partial charge in [0.05, 0.1) is 17.6 Å². The molecule has 3 rings (SSSR count). The van der Waals surface area contributed by atoms with E-state index in [0.717, 1.165) is 38.4 Å². The fourth-order valence-corrected chi connectivity index (χ4v) is 5.98. The fourth-order valence-electron chi connectivity index (χ4n) is 4.45. The summed E-state index contributed by atoms with van der Waals surface area (Å²) in [7, 11) is -2.30. The number of likely N-dealkylation sites (tertiary alicyclic amines) is 1. The molecular formula is C21H32N2O4S. The summed E-state index contributed by atoms with van der Waals surface area (Å²) in [5, 5.41) is 0. The molecule has 0 amide bonds. The molecule has 0 spiro atoms. The zero-order valence-corrected chi connectivity index (χ0v) is 17.8. The van der Waals surface area contributed by atoms with Crippen molar-refractivity contribution in [2.24, 2.45) is 5.92 Å². The van der Waals surface area contributed by atoms with E-state index in [1.807, 2.05) is 0 Å². The summed E-state index contributed by atoms with van der Waals surface area (Å²) >= 11 is 0. The van der Waals surface area contributed by atoms with Crippen LogP contribution < -0.4 is 4.72 Å². The third-order valence-corrected chi connectivity index (χ3v) is 7.72. The number of hydrogen-bond donors (Lipinski definition) is 1. The highest BCUT2D eigenvalue weighted by molar-refractivity contribution is 7.89. The zero-order chi connectivity index (χ0) is 20.1. The normalized spacial score (nSPS) is 20.2. The van der Waals surface area contributed by atoms with Gasteiger partial charge in [0.25, 0.3) is 0 Å². The van der Waals surface area contributed by atoms with Gasteiger partial charge in [-0.15, -0.1) is 0 Å². The van der Waals surface area contributed by atoms with Gasteiger partial charge in [0.2, 0.25) is 10.0 Å². The number of piperidine rings is 1. The van der Waals surface area contributed by atoms with Crippen LogP contribution in [0.15, 0.2) is 23.1 Å². The number of carbonyl (C=O) groups is 1. The second-order valence-electron chi connectivity index (χ2n) is 8.17. The van der Waals surface area contributed by atoms with Crippen molar-refractivity contribution >= 4 is 16.0 Å². The van der Waals surface area contributed by atoms with Gasteiger partial charge in [0.1, 0.15) is 0 Å². The van der Waals surface area contributed by atoms with E-state index in [2.05, 4.69) is 9.62 Å². The van der Waals surface area contributed by atoms with Gasteiger partial charge >= 0.3 is 5.97 Å². The Bertz CT molecular complexity index is 780. The van der Waals surface area contributed by atoms with Crippen LogP contribution in [-0.2, 0) is 14.8 Å². The molecule has 28 heavy (non-hydrogen) atoms. The molecule has 0 radical (unpaired) electrons. The number of ether oxygens (including phenoxy) is 1. The summed E-state index contributed by atoms with van der Waals surface area (Å²) in [6.45, 7) is 4.76. The second-order valence-corrected chi connectivity index (χ2v) is 9.85. The van der Waals surface area contributed by atoms with Gasteiger partial charge in [-0.25, -0.2) is 17.9 Å². The number of benzene rings is 1. The van der Waals surface area contributed by atoms with Gasteiger partial charge in [0, 0.05) is 12.6 Å². The monoisotopic (exact) mass is 408 g/mol. The van der Waals surface area contributed by atoms with E-state index < -0.39 is 16.0 Å². The van der Waals surface area contributed by atoms with Crippen LogP contribution in [-0.4, -0.2) is 52.1 Å². The number of sulfonamides is 1. The Morgan fingerprint density at radius 2 is 1.82 bits per heavy atom. The predicted octanol–water partition coefficient (Wildman–Crippen LogP) is 3.10. The Morgan fingerprint density at radius 1 is 1.14 bits per heavy atom. The van der Waals surface area contributed by atoms with Crippen molar-refractivity contribution in [3.63, 3.8) is 0 Å². The highest BCUT2D eigenvalue weighted by Crippen LogP contribution is 2.26. The van der Waals surface area contributed by atoms with Crippen molar-refractivity contribution in [1.82, 2.24) is 9.62 Å². The average molecular weight is 409 g/mol. The van der Waals surface area contributed by atoms with E-state index in [0.29, 0.717) is 11.1 Å². The highest BCUT2D eigenvalue weighted by atomic mass is 32.2. The first kappa shape index (κ1) is 21.3. The lowest BCUT2D eigenvalue weighted by molar-refractivity contribution is 0.0600. The molecule has 1 aliphatic heterocycles. The van der Waals surface area contributed by atoms with Crippen LogP contribution in [0.3, 0.4) is 0 Å². The molecule has 0 unspecified atom stereocenters. The fraction of sp³-hybridized carbons (Fsp3) is 0.667. The van der Waals surface area contributed by atoms with Gasteiger partial charge < -0.3 is 9.64 Å². The third kappa shape index (κ3) is 5.33. The van der Waals surface area contributed by atoms with E-state index in [9.17, 15) is 13.2 Å². The molecule has 6 nitrogen and oxygen atoms in total. The van der Waals surface area contributed by atoms with Gasteiger partial charge in [-0.05, 0) is 75.4 Å². The number of rotatable bonds is 6. The van der Waals surface area contributed by atoms with Crippen LogP contribution in [0, 0.1) is 12.8 Å². The minimum atomic E-state index is -3.61. The van der Waals surface area contributed by atoms with Crippen LogP contribution in [0.4, 0.5) is 0 Å². The van der Waals surface area contributed by atoms with Crippen molar-refractivity contribution in [1.29, 1.82) is 0 Å². The summed E-state index contributed by atoms with van der Waals surface area (Å²) < 4.78 is 33.2. The molecule has 0 atom stereocenters. The number of hydrogen-bond acceptors (Lipinski definition) is 5. The first-order valence-corrected chi connectivity index (χ1v) is 11.8. The molecule has 1 saturated heterocycles. The molecule has 1 aromatic rings. The zero-order valence-electron chi connectivity index (χ0n) is 16.9. The van der Waals surface area contributed by atoms with E-state index in [-0.39, 0.29) is 10.9 Å². The van der Waals surface area contributed by atoms with Crippen LogP contribution in [0.25, 0.3) is 0 Å². The second kappa shape index (κ2) is 9.37. The average Bonchev–Trinajstić information content (AvgIpc) is 2.69. The maximum atomic E-state index is 12.8. The Hall–Kier alpha value is -1.44. The Labute approximate surface area is 168 Å². The SMILES string of the molecule is COC(=O)c1ccc(S(=O)(=O)NC2CCN(CC3CCCCC3)CC2)c(C)c1. The molecule has 0 aromatic heterocycles. The van der Waals surface area contributed by atoms with Gasteiger partial charge in [-0.1, -0.05) is 19.3 Å². The van der Waals surface area contributed by atoms with Gasteiger partial charge in [-0.3, -0.25) is 0 Å². The summed E-state index contributed by atoms with van der Waals surface area (Å²) in [5.74, 6) is 0.350. The molecule has 2 fully saturated rings. The quantitative estimate of drug-likeness (QED) is 0.732.